The highest BCUT2D eigenvalue weighted by molar-refractivity contribution is 5.87. The van der Waals surface area contributed by atoms with E-state index in [1.165, 1.54) is 0 Å². The number of fused-ring (bicyclic) bond motifs is 1. The number of rotatable bonds is 6. The average Bonchev–Trinajstić information content (AvgIpc) is 2.50. The number of unbranched alkanes of at least 4 members (excludes halogenated alkanes) is 1. The van der Waals surface area contributed by atoms with Gasteiger partial charge in [0.15, 0.2) is 11.5 Å². The van der Waals surface area contributed by atoms with E-state index < -0.39 is 30.1 Å². The van der Waals surface area contributed by atoms with Crippen molar-refractivity contribution >= 4 is 11.9 Å². The highest BCUT2D eigenvalue weighted by Gasteiger charge is 2.35. The summed E-state index contributed by atoms with van der Waals surface area (Å²) in [7, 11) is 0. The van der Waals surface area contributed by atoms with Crippen LogP contribution in [-0.2, 0) is 9.59 Å². The Bertz CT molecular complexity index is 545. The highest BCUT2D eigenvalue weighted by atomic mass is 16.6. The van der Waals surface area contributed by atoms with Crippen LogP contribution in [-0.4, -0.2) is 35.2 Å². The van der Waals surface area contributed by atoms with Crippen molar-refractivity contribution < 1.29 is 24.2 Å². The molecule has 2 unspecified atom stereocenters. The van der Waals surface area contributed by atoms with Gasteiger partial charge in [0, 0.05) is 0 Å². The fraction of sp³-hybridized carbons (Fsp3) is 0.500. The molecule has 2 rings (SSSR count). The number of hydrogen-bond donors (Lipinski definition) is 2. The molecule has 6 nitrogen and oxygen atoms in total. The molecule has 1 aromatic carbocycles. The van der Waals surface area contributed by atoms with Gasteiger partial charge in [-0.1, -0.05) is 31.9 Å². The Labute approximate surface area is 129 Å². The number of hydrogen-bond acceptors (Lipinski definition) is 4. The second-order valence-electron chi connectivity index (χ2n) is 5.35. The molecular formula is C16H21NO5. The van der Waals surface area contributed by atoms with E-state index in [0.717, 1.165) is 12.8 Å². The van der Waals surface area contributed by atoms with Crippen LogP contribution in [0.4, 0.5) is 0 Å². The highest BCUT2D eigenvalue weighted by Crippen LogP contribution is 2.33. The number of benzene rings is 1. The topological polar surface area (TPSA) is 84.9 Å². The molecule has 0 saturated heterocycles. The molecule has 6 heteroatoms. The Morgan fingerprint density at radius 1 is 1.27 bits per heavy atom. The minimum absolute atomic E-state index is 0.399. The van der Waals surface area contributed by atoms with E-state index in [1.54, 1.807) is 25.1 Å². The summed E-state index contributed by atoms with van der Waals surface area (Å²) in [6.07, 6.45) is 0.647. The molecule has 0 aliphatic carbocycles. The molecule has 0 radical (unpaired) electrons. The first-order chi connectivity index (χ1) is 10.5. The first-order valence-electron chi connectivity index (χ1n) is 7.48. The van der Waals surface area contributed by atoms with Crippen molar-refractivity contribution in [3.05, 3.63) is 24.3 Å². The molecule has 1 heterocycles. The van der Waals surface area contributed by atoms with Gasteiger partial charge in [-0.2, -0.15) is 0 Å². The van der Waals surface area contributed by atoms with Crippen LogP contribution < -0.4 is 14.8 Å². The molecule has 0 bridgehead atoms. The van der Waals surface area contributed by atoms with Gasteiger partial charge in [-0.3, -0.25) is 4.79 Å². The molecule has 1 aliphatic heterocycles. The first-order valence-corrected chi connectivity index (χ1v) is 7.48. The van der Waals surface area contributed by atoms with Crippen molar-refractivity contribution in [2.24, 2.45) is 0 Å². The van der Waals surface area contributed by atoms with Gasteiger partial charge in [0.05, 0.1) is 0 Å². The van der Waals surface area contributed by atoms with Gasteiger partial charge in [-0.05, 0) is 25.5 Å². The summed E-state index contributed by atoms with van der Waals surface area (Å²) < 4.78 is 11.3. The quantitative estimate of drug-likeness (QED) is 0.839. The Kier molecular flexibility index (Phi) is 5.25. The van der Waals surface area contributed by atoms with Crippen molar-refractivity contribution in [1.82, 2.24) is 5.32 Å². The zero-order chi connectivity index (χ0) is 16.1. The van der Waals surface area contributed by atoms with Crippen LogP contribution in [0, 0.1) is 0 Å². The summed E-state index contributed by atoms with van der Waals surface area (Å²) in [4.78, 5) is 23.5. The van der Waals surface area contributed by atoms with Crippen molar-refractivity contribution in [1.29, 1.82) is 0 Å². The molecule has 2 N–H and O–H groups in total. The Morgan fingerprint density at radius 2 is 1.91 bits per heavy atom. The standard InChI is InChI=1S/C16H21NO5/c1-3-4-7-11(16(19)20)17-15(18)14-10(2)21-12-8-5-6-9-13(12)22-14/h5-6,8-11,14H,3-4,7H2,1-2H3,(H,17,18)(H,19,20)/t10?,11-,14?/m0/s1. The summed E-state index contributed by atoms with van der Waals surface area (Å²) in [5.41, 5.74) is 0. The van der Waals surface area contributed by atoms with Crippen LogP contribution in [0.15, 0.2) is 24.3 Å². The van der Waals surface area contributed by atoms with Crippen LogP contribution in [0.3, 0.4) is 0 Å². The minimum Gasteiger partial charge on any atom is -0.482 e. The largest absolute Gasteiger partial charge is 0.482 e. The van der Waals surface area contributed by atoms with Crippen LogP contribution in [0.5, 0.6) is 11.5 Å². The lowest BCUT2D eigenvalue weighted by molar-refractivity contribution is -0.144. The fourth-order valence-corrected chi connectivity index (χ4v) is 2.33. The Balaban J connectivity index is 2.04. The number of nitrogens with one attached hydrogen (secondary N) is 1. The molecule has 0 saturated carbocycles. The van der Waals surface area contributed by atoms with Crippen LogP contribution >= 0.6 is 0 Å². The number of aliphatic carboxylic acids is 1. The molecular weight excluding hydrogens is 286 g/mol. The number of ether oxygens (including phenoxy) is 2. The molecule has 1 aliphatic rings. The van der Waals surface area contributed by atoms with E-state index in [4.69, 9.17) is 9.47 Å². The lowest BCUT2D eigenvalue weighted by atomic mass is 10.1. The van der Waals surface area contributed by atoms with Crippen LogP contribution in [0.2, 0.25) is 0 Å². The number of para-hydroxylation sites is 2. The van der Waals surface area contributed by atoms with Gasteiger partial charge >= 0.3 is 5.97 Å². The lowest BCUT2D eigenvalue weighted by Crippen LogP contribution is -2.53. The summed E-state index contributed by atoms with van der Waals surface area (Å²) in [6.45, 7) is 3.69. The number of amides is 1. The molecule has 1 amide bonds. The van der Waals surface area contributed by atoms with Gasteiger partial charge in [0.2, 0.25) is 6.10 Å². The first kappa shape index (κ1) is 16.1. The molecule has 3 atom stereocenters. The number of carbonyl (C=O) groups is 2. The smallest absolute Gasteiger partial charge is 0.326 e. The molecule has 1 aromatic rings. The predicted octanol–water partition coefficient (Wildman–Crippen LogP) is 1.97. The van der Waals surface area contributed by atoms with Crippen LogP contribution in [0.1, 0.15) is 33.1 Å². The Morgan fingerprint density at radius 3 is 2.50 bits per heavy atom. The van der Waals surface area contributed by atoms with Gasteiger partial charge in [0.25, 0.3) is 5.91 Å². The van der Waals surface area contributed by atoms with Gasteiger partial charge in [-0.25, -0.2) is 4.79 Å². The Hall–Kier alpha value is -2.24. The van der Waals surface area contributed by atoms with Crippen molar-refractivity contribution in [2.75, 3.05) is 0 Å². The number of carbonyl (C=O) groups excluding carboxylic acids is 1. The third-order valence-electron chi connectivity index (χ3n) is 3.56. The fourth-order valence-electron chi connectivity index (χ4n) is 2.33. The SMILES string of the molecule is CCCC[C@H](NC(=O)C1Oc2ccccc2OC1C)C(=O)O. The zero-order valence-electron chi connectivity index (χ0n) is 12.7. The van der Waals surface area contributed by atoms with E-state index in [2.05, 4.69) is 5.32 Å². The molecule has 120 valence electrons. The van der Waals surface area contributed by atoms with E-state index in [0.29, 0.717) is 17.9 Å². The normalized spacial score (nSPS) is 21.0. The number of carboxylic acids is 1. The molecule has 22 heavy (non-hydrogen) atoms. The molecule has 0 fully saturated rings. The monoisotopic (exact) mass is 307 g/mol. The third-order valence-corrected chi connectivity index (χ3v) is 3.56. The van der Waals surface area contributed by atoms with E-state index in [1.807, 2.05) is 13.0 Å². The zero-order valence-corrected chi connectivity index (χ0v) is 12.7. The van der Waals surface area contributed by atoms with Crippen molar-refractivity contribution in [2.45, 2.75) is 51.4 Å². The summed E-state index contributed by atoms with van der Waals surface area (Å²) in [5, 5.41) is 11.7. The second-order valence-corrected chi connectivity index (χ2v) is 5.35. The van der Waals surface area contributed by atoms with E-state index >= 15 is 0 Å². The van der Waals surface area contributed by atoms with Gasteiger partial charge < -0.3 is 19.9 Å². The maximum absolute atomic E-state index is 12.3. The molecule has 0 aromatic heterocycles. The van der Waals surface area contributed by atoms with E-state index in [-0.39, 0.29) is 0 Å². The maximum atomic E-state index is 12.3. The lowest BCUT2D eigenvalue weighted by Gasteiger charge is -2.31. The van der Waals surface area contributed by atoms with Gasteiger partial charge in [0.1, 0.15) is 12.1 Å². The summed E-state index contributed by atoms with van der Waals surface area (Å²) >= 11 is 0. The van der Waals surface area contributed by atoms with Crippen molar-refractivity contribution in [3.63, 3.8) is 0 Å². The van der Waals surface area contributed by atoms with Crippen molar-refractivity contribution in [3.8, 4) is 11.5 Å². The summed E-state index contributed by atoms with van der Waals surface area (Å²) in [6, 6.07) is 6.18. The molecule has 0 spiro atoms. The third kappa shape index (κ3) is 3.69. The number of carboxylic acid groups (broad SMARTS) is 1. The summed E-state index contributed by atoms with van der Waals surface area (Å²) in [5.74, 6) is -0.432. The second kappa shape index (κ2) is 7.15. The minimum atomic E-state index is -1.04. The van der Waals surface area contributed by atoms with Gasteiger partial charge in [-0.15, -0.1) is 0 Å². The van der Waals surface area contributed by atoms with E-state index in [9.17, 15) is 14.7 Å². The van der Waals surface area contributed by atoms with Crippen LogP contribution in [0.25, 0.3) is 0 Å². The predicted molar refractivity (Wildman–Crippen MR) is 80.0 cm³/mol. The average molecular weight is 307 g/mol. The maximum Gasteiger partial charge on any atom is 0.326 e.